The second kappa shape index (κ2) is 7.14. The van der Waals surface area contributed by atoms with Crippen LogP contribution in [0.15, 0.2) is 18.2 Å². The highest BCUT2D eigenvalue weighted by atomic mass is 16.5. The predicted octanol–water partition coefficient (Wildman–Crippen LogP) is 2.35. The number of hydrogen-bond donors (Lipinski definition) is 2. The number of hydrogen-bond acceptors (Lipinski definition) is 4. The van der Waals surface area contributed by atoms with E-state index in [2.05, 4.69) is 0 Å². The van der Waals surface area contributed by atoms with E-state index < -0.39 is 11.5 Å². The van der Waals surface area contributed by atoms with Crippen LogP contribution in [0.1, 0.15) is 31.7 Å². The van der Waals surface area contributed by atoms with Crippen molar-refractivity contribution in [1.82, 2.24) is 0 Å². The quantitative estimate of drug-likeness (QED) is 0.715. The van der Waals surface area contributed by atoms with E-state index in [1.54, 1.807) is 7.11 Å². The van der Waals surface area contributed by atoms with Crippen LogP contribution in [0, 0.1) is 6.92 Å². The molecule has 1 aromatic rings. The van der Waals surface area contributed by atoms with Crippen LogP contribution in [0.5, 0.6) is 11.5 Å². The Bertz CT molecular complexity index is 457. The summed E-state index contributed by atoms with van der Waals surface area (Å²) >= 11 is 0. The normalized spacial score (nSPS) is 13.6. The first-order valence-corrected chi connectivity index (χ1v) is 6.66. The maximum atomic E-state index is 10.8. The van der Waals surface area contributed by atoms with E-state index in [0.29, 0.717) is 30.9 Å². The van der Waals surface area contributed by atoms with Crippen molar-refractivity contribution in [2.75, 3.05) is 13.7 Å². The maximum Gasteiger partial charge on any atom is 0.323 e. The number of benzene rings is 1. The molecule has 0 heterocycles. The van der Waals surface area contributed by atoms with Gasteiger partial charge in [0.15, 0.2) is 11.5 Å². The molecule has 0 aliphatic rings. The number of rotatable bonds is 8. The van der Waals surface area contributed by atoms with Gasteiger partial charge >= 0.3 is 5.97 Å². The number of nitrogens with two attached hydrogens (primary N) is 1. The lowest BCUT2D eigenvalue weighted by molar-refractivity contribution is -0.142. The summed E-state index contributed by atoms with van der Waals surface area (Å²) in [7, 11) is 1.61. The van der Waals surface area contributed by atoms with Gasteiger partial charge in [-0.3, -0.25) is 4.79 Å². The molecule has 1 atom stereocenters. The van der Waals surface area contributed by atoms with Crippen LogP contribution in [0.2, 0.25) is 0 Å². The number of aryl methyl sites for hydroxylation is 1. The minimum Gasteiger partial charge on any atom is -0.493 e. The smallest absolute Gasteiger partial charge is 0.323 e. The molecule has 1 aromatic carbocycles. The van der Waals surface area contributed by atoms with Gasteiger partial charge in [0.1, 0.15) is 5.54 Å². The highest BCUT2D eigenvalue weighted by molar-refractivity contribution is 5.77. The highest BCUT2D eigenvalue weighted by Crippen LogP contribution is 2.28. The number of aliphatic carboxylic acids is 1. The Hall–Kier alpha value is -1.75. The van der Waals surface area contributed by atoms with Gasteiger partial charge < -0.3 is 20.3 Å². The zero-order valence-corrected chi connectivity index (χ0v) is 12.3. The summed E-state index contributed by atoms with van der Waals surface area (Å²) in [5.74, 6) is 0.435. The molecule has 0 aliphatic carbocycles. The monoisotopic (exact) mass is 281 g/mol. The molecule has 5 heteroatoms. The fraction of sp³-hybridized carbons (Fsp3) is 0.533. The number of unbranched alkanes of at least 4 members (excludes halogenated alkanes) is 1. The average molecular weight is 281 g/mol. The van der Waals surface area contributed by atoms with Gasteiger partial charge in [-0.05, 0) is 50.8 Å². The first-order chi connectivity index (χ1) is 9.36. The van der Waals surface area contributed by atoms with Gasteiger partial charge in [0, 0.05) is 0 Å². The van der Waals surface area contributed by atoms with Crippen molar-refractivity contribution in [3.8, 4) is 11.5 Å². The van der Waals surface area contributed by atoms with Gasteiger partial charge in [-0.15, -0.1) is 0 Å². The molecule has 0 radical (unpaired) electrons. The van der Waals surface area contributed by atoms with E-state index in [4.69, 9.17) is 20.3 Å². The zero-order valence-electron chi connectivity index (χ0n) is 12.3. The van der Waals surface area contributed by atoms with Crippen LogP contribution in [0.3, 0.4) is 0 Å². The van der Waals surface area contributed by atoms with E-state index in [1.807, 2.05) is 25.1 Å². The van der Waals surface area contributed by atoms with E-state index in [9.17, 15) is 4.79 Å². The molecule has 0 spiro atoms. The Balaban J connectivity index is 2.37. The summed E-state index contributed by atoms with van der Waals surface area (Å²) in [6.07, 6.45) is 1.88. The average Bonchev–Trinajstić information content (AvgIpc) is 2.39. The second-order valence-electron chi connectivity index (χ2n) is 5.18. The van der Waals surface area contributed by atoms with Gasteiger partial charge in [0.2, 0.25) is 0 Å². The summed E-state index contributed by atoms with van der Waals surface area (Å²) in [6, 6.07) is 5.74. The van der Waals surface area contributed by atoms with Crippen molar-refractivity contribution in [3.63, 3.8) is 0 Å². The third-order valence-corrected chi connectivity index (χ3v) is 3.16. The zero-order chi connectivity index (χ0) is 15.2. The molecule has 0 aliphatic heterocycles. The first-order valence-electron chi connectivity index (χ1n) is 6.66. The molecule has 112 valence electrons. The van der Waals surface area contributed by atoms with Gasteiger partial charge in [-0.2, -0.15) is 0 Å². The standard InChI is InChI=1S/C15H23NO4/c1-11-6-7-12(13(10-11)19-3)20-9-5-4-8-15(2,16)14(17)18/h6-7,10H,4-5,8-9,16H2,1-3H3,(H,17,18). The molecule has 0 fully saturated rings. The van der Waals surface area contributed by atoms with E-state index in [0.717, 1.165) is 12.0 Å². The van der Waals surface area contributed by atoms with Crippen LogP contribution in [0.4, 0.5) is 0 Å². The van der Waals surface area contributed by atoms with Crippen LogP contribution >= 0.6 is 0 Å². The molecule has 0 amide bonds. The highest BCUT2D eigenvalue weighted by Gasteiger charge is 2.26. The molecule has 0 saturated heterocycles. The van der Waals surface area contributed by atoms with E-state index in [1.165, 1.54) is 6.92 Å². The van der Waals surface area contributed by atoms with Crippen LogP contribution < -0.4 is 15.2 Å². The Kier molecular flexibility index (Phi) is 5.82. The molecule has 20 heavy (non-hydrogen) atoms. The lowest BCUT2D eigenvalue weighted by atomic mass is 9.97. The Morgan fingerprint density at radius 1 is 1.35 bits per heavy atom. The van der Waals surface area contributed by atoms with Crippen molar-refractivity contribution >= 4 is 5.97 Å². The van der Waals surface area contributed by atoms with E-state index in [-0.39, 0.29) is 0 Å². The van der Waals surface area contributed by atoms with Crippen molar-refractivity contribution < 1.29 is 19.4 Å². The number of carboxylic acids is 1. The van der Waals surface area contributed by atoms with Crippen molar-refractivity contribution in [2.45, 2.75) is 38.6 Å². The van der Waals surface area contributed by atoms with Crippen LogP contribution in [-0.4, -0.2) is 30.3 Å². The Morgan fingerprint density at radius 3 is 2.65 bits per heavy atom. The third kappa shape index (κ3) is 4.74. The van der Waals surface area contributed by atoms with Crippen molar-refractivity contribution in [2.24, 2.45) is 5.73 Å². The van der Waals surface area contributed by atoms with Crippen LogP contribution in [0.25, 0.3) is 0 Å². The van der Waals surface area contributed by atoms with Gasteiger partial charge in [0.05, 0.1) is 13.7 Å². The molecular formula is C15H23NO4. The lowest BCUT2D eigenvalue weighted by Crippen LogP contribution is -2.44. The first kappa shape index (κ1) is 16.3. The fourth-order valence-electron chi connectivity index (χ4n) is 1.78. The Morgan fingerprint density at radius 2 is 2.05 bits per heavy atom. The minimum atomic E-state index is -1.17. The molecule has 5 nitrogen and oxygen atoms in total. The molecule has 0 aromatic heterocycles. The second-order valence-corrected chi connectivity index (χ2v) is 5.18. The van der Waals surface area contributed by atoms with Gasteiger partial charge in [0.25, 0.3) is 0 Å². The summed E-state index contributed by atoms with van der Waals surface area (Å²) < 4.78 is 10.9. The fourth-order valence-corrected chi connectivity index (χ4v) is 1.78. The SMILES string of the molecule is COc1cc(C)ccc1OCCCCC(C)(N)C(=O)O. The third-order valence-electron chi connectivity index (χ3n) is 3.16. The summed E-state index contributed by atoms with van der Waals surface area (Å²) in [5.41, 5.74) is 5.60. The lowest BCUT2D eigenvalue weighted by Gasteiger charge is -2.18. The molecular weight excluding hydrogens is 258 g/mol. The van der Waals surface area contributed by atoms with Crippen molar-refractivity contribution in [1.29, 1.82) is 0 Å². The molecule has 3 N–H and O–H groups in total. The molecule has 0 bridgehead atoms. The Labute approximate surface area is 119 Å². The van der Waals surface area contributed by atoms with Crippen LogP contribution in [-0.2, 0) is 4.79 Å². The largest absolute Gasteiger partial charge is 0.493 e. The summed E-state index contributed by atoms with van der Waals surface area (Å²) in [4.78, 5) is 10.8. The van der Waals surface area contributed by atoms with Crippen molar-refractivity contribution in [3.05, 3.63) is 23.8 Å². The minimum absolute atomic E-state index is 0.427. The van der Waals surface area contributed by atoms with Gasteiger partial charge in [-0.25, -0.2) is 0 Å². The number of carbonyl (C=O) groups is 1. The predicted molar refractivity (Wildman–Crippen MR) is 77.3 cm³/mol. The topological polar surface area (TPSA) is 81.8 Å². The summed E-state index contributed by atoms with van der Waals surface area (Å²) in [6.45, 7) is 4.02. The maximum absolute atomic E-state index is 10.8. The molecule has 1 unspecified atom stereocenters. The van der Waals surface area contributed by atoms with Gasteiger partial charge in [-0.1, -0.05) is 6.07 Å². The molecule has 0 saturated carbocycles. The number of carboxylic acid groups (broad SMARTS) is 1. The summed E-state index contributed by atoms with van der Waals surface area (Å²) in [5, 5.41) is 8.90. The number of methoxy groups -OCH3 is 1. The molecule has 1 rings (SSSR count). The number of ether oxygens (including phenoxy) is 2. The van der Waals surface area contributed by atoms with E-state index >= 15 is 0 Å².